The van der Waals surface area contributed by atoms with Crippen molar-refractivity contribution in [2.45, 2.75) is 19.4 Å². The van der Waals surface area contributed by atoms with Crippen molar-refractivity contribution < 1.29 is 9.59 Å². The van der Waals surface area contributed by atoms with Gasteiger partial charge in [-0.15, -0.1) is 0 Å². The van der Waals surface area contributed by atoms with Gasteiger partial charge in [0.05, 0.1) is 23.2 Å². The molecule has 6 nitrogen and oxygen atoms in total. The number of ketones is 1. The van der Waals surface area contributed by atoms with Crippen molar-refractivity contribution in [1.29, 1.82) is 0 Å². The maximum atomic E-state index is 12.4. The number of benzene rings is 2. The first-order valence-corrected chi connectivity index (χ1v) is 9.64. The van der Waals surface area contributed by atoms with Crippen LogP contribution in [0.25, 0.3) is 0 Å². The molecule has 0 fully saturated rings. The lowest BCUT2D eigenvalue weighted by molar-refractivity contribution is -0.113. The number of hydrazone groups is 1. The highest BCUT2D eigenvalue weighted by molar-refractivity contribution is 8.14. The Hall–Kier alpha value is -2.93. The van der Waals surface area contributed by atoms with E-state index in [9.17, 15) is 9.59 Å². The molecule has 0 aromatic heterocycles. The van der Waals surface area contributed by atoms with Crippen molar-refractivity contribution in [3.8, 4) is 0 Å². The Labute approximate surface area is 161 Å². The number of thioether (sulfide) groups is 1. The first kappa shape index (κ1) is 17.5. The minimum Gasteiger partial charge on any atom is -0.325 e. The number of aliphatic imine (C=N–C) groups is 1. The fraction of sp³-hybridized carbons (Fsp3) is 0.200. The van der Waals surface area contributed by atoms with Crippen molar-refractivity contribution in [1.82, 2.24) is 5.01 Å². The van der Waals surface area contributed by atoms with Crippen LogP contribution >= 0.6 is 11.8 Å². The number of carbonyl (C=O) groups excluding carboxylic acids is 2. The van der Waals surface area contributed by atoms with Crippen molar-refractivity contribution in [2.75, 3.05) is 11.1 Å². The number of hydrogen-bond acceptors (Lipinski definition) is 6. The third-order valence-electron chi connectivity index (χ3n) is 4.45. The van der Waals surface area contributed by atoms with Crippen LogP contribution < -0.4 is 5.32 Å². The molecule has 27 heavy (non-hydrogen) atoms. The van der Waals surface area contributed by atoms with Crippen LogP contribution in [0.3, 0.4) is 0 Å². The Balaban J connectivity index is 1.47. The molecule has 2 aliphatic rings. The molecular formula is C20H18N4O2S. The number of hydrogen-bond donors (Lipinski definition) is 1. The summed E-state index contributed by atoms with van der Waals surface area (Å²) < 4.78 is 0. The lowest BCUT2D eigenvalue weighted by Gasteiger charge is -2.29. The van der Waals surface area contributed by atoms with E-state index < -0.39 is 0 Å². The fourth-order valence-electron chi connectivity index (χ4n) is 3.20. The second kappa shape index (κ2) is 7.36. The largest absolute Gasteiger partial charge is 0.325 e. The van der Waals surface area contributed by atoms with Gasteiger partial charge < -0.3 is 5.32 Å². The number of nitrogens with zero attached hydrogens (tertiary/aromatic N) is 3. The molecule has 0 saturated carbocycles. The number of carbonyl (C=O) groups is 2. The number of rotatable bonds is 4. The van der Waals surface area contributed by atoms with E-state index in [1.54, 1.807) is 24.3 Å². The van der Waals surface area contributed by atoms with Crippen LogP contribution in [0.15, 0.2) is 58.6 Å². The third kappa shape index (κ3) is 3.50. The molecule has 2 aromatic rings. The van der Waals surface area contributed by atoms with E-state index in [0.717, 1.165) is 17.7 Å². The fourth-order valence-corrected chi connectivity index (χ4v) is 4.00. The quantitative estimate of drug-likeness (QED) is 0.816. The summed E-state index contributed by atoms with van der Waals surface area (Å²) in [4.78, 5) is 28.8. The molecule has 2 aromatic carbocycles. The third-order valence-corrected chi connectivity index (χ3v) is 5.39. The van der Waals surface area contributed by atoms with Crippen molar-refractivity contribution in [3.63, 3.8) is 0 Å². The smallest absolute Gasteiger partial charge is 0.234 e. The highest BCUT2D eigenvalue weighted by atomic mass is 32.2. The van der Waals surface area contributed by atoms with Gasteiger partial charge in [0.1, 0.15) is 0 Å². The van der Waals surface area contributed by atoms with Crippen molar-refractivity contribution in [2.24, 2.45) is 10.1 Å². The monoisotopic (exact) mass is 378 g/mol. The van der Waals surface area contributed by atoms with Crippen molar-refractivity contribution in [3.05, 3.63) is 59.7 Å². The number of fused-ring (bicyclic) bond motifs is 3. The summed E-state index contributed by atoms with van der Waals surface area (Å²) in [5.74, 6) is -0.0811. The van der Waals surface area contributed by atoms with Gasteiger partial charge in [0.2, 0.25) is 5.91 Å². The number of amidine groups is 1. The van der Waals surface area contributed by atoms with Crippen LogP contribution in [-0.4, -0.2) is 33.8 Å². The summed E-state index contributed by atoms with van der Waals surface area (Å²) in [5.41, 5.74) is 3.11. The van der Waals surface area contributed by atoms with E-state index in [1.807, 2.05) is 29.4 Å². The van der Waals surface area contributed by atoms with E-state index in [-0.39, 0.29) is 23.5 Å². The average Bonchev–Trinajstić information content (AvgIpc) is 3.17. The minimum atomic E-state index is -0.185. The summed E-state index contributed by atoms with van der Waals surface area (Å²) in [6, 6.07) is 15.2. The van der Waals surface area contributed by atoms with Gasteiger partial charge in [-0.1, -0.05) is 42.1 Å². The van der Waals surface area contributed by atoms with E-state index in [1.165, 1.54) is 18.7 Å². The summed E-state index contributed by atoms with van der Waals surface area (Å²) in [5, 5.41) is 9.82. The SMILES string of the molecule is CC(=O)c1ccccc1NC(=O)CSC1=Nc2ccccc2C2CC=NN12. The molecule has 136 valence electrons. The molecule has 1 atom stereocenters. The standard InChI is InChI=1S/C20H18N4O2S/c1-13(25)14-6-2-4-8-16(14)22-19(26)12-27-20-23-17-9-5-3-7-15(17)18-10-11-21-24(18)20/h2-9,11,18H,10,12H2,1H3,(H,22,26). The van der Waals surface area contributed by atoms with E-state index in [2.05, 4.69) is 21.5 Å². The first-order valence-electron chi connectivity index (χ1n) is 8.65. The molecular weight excluding hydrogens is 360 g/mol. The van der Waals surface area contributed by atoms with Crippen LogP contribution in [-0.2, 0) is 4.79 Å². The number of nitrogens with one attached hydrogen (secondary N) is 1. The van der Waals surface area contributed by atoms with Gasteiger partial charge in [0.15, 0.2) is 11.0 Å². The molecule has 1 amide bonds. The summed E-state index contributed by atoms with van der Waals surface area (Å²) in [7, 11) is 0. The zero-order valence-electron chi connectivity index (χ0n) is 14.8. The maximum Gasteiger partial charge on any atom is 0.234 e. The molecule has 2 aliphatic heterocycles. The van der Waals surface area contributed by atoms with Gasteiger partial charge in [-0.3, -0.25) is 9.59 Å². The van der Waals surface area contributed by atoms with Gasteiger partial charge in [0.25, 0.3) is 0 Å². The Kier molecular flexibility index (Phi) is 4.77. The lowest BCUT2D eigenvalue weighted by atomic mass is 10.0. The molecule has 0 radical (unpaired) electrons. The van der Waals surface area contributed by atoms with Gasteiger partial charge in [-0.25, -0.2) is 10.0 Å². The number of Topliss-reactive ketones (excluding diaryl/α,β-unsaturated/α-hetero) is 1. The normalized spacial score (nSPS) is 17.1. The second-order valence-corrected chi connectivity index (χ2v) is 7.23. The molecule has 4 rings (SSSR count). The van der Waals surface area contributed by atoms with Gasteiger partial charge in [0, 0.05) is 23.8 Å². The number of anilines is 1. The Morgan fingerprint density at radius 1 is 1.19 bits per heavy atom. The molecule has 0 bridgehead atoms. The Morgan fingerprint density at radius 3 is 2.81 bits per heavy atom. The van der Waals surface area contributed by atoms with Crippen molar-refractivity contribution >= 4 is 46.2 Å². The van der Waals surface area contributed by atoms with Crippen LogP contribution in [0.4, 0.5) is 11.4 Å². The van der Waals surface area contributed by atoms with Gasteiger partial charge >= 0.3 is 0 Å². The average molecular weight is 378 g/mol. The number of amides is 1. The zero-order chi connectivity index (χ0) is 18.8. The molecule has 1 unspecified atom stereocenters. The van der Waals surface area contributed by atoms with Gasteiger partial charge in [-0.2, -0.15) is 5.10 Å². The topological polar surface area (TPSA) is 74.1 Å². The van der Waals surface area contributed by atoms with Gasteiger partial charge in [-0.05, 0) is 25.1 Å². The lowest BCUT2D eigenvalue weighted by Crippen LogP contribution is -2.29. The van der Waals surface area contributed by atoms with E-state index in [0.29, 0.717) is 16.4 Å². The molecule has 0 aliphatic carbocycles. The first-order chi connectivity index (χ1) is 13.1. The predicted molar refractivity (Wildman–Crippen MR) is 109 cm³/mol. The molecule has 2 heterocycles. The van der Waals surface area contributed by atoms with E-state index in [4.69, 9.17) is 0 Å². The highest BCUT2D eigenvalue weighted by Gasteiger charge is 2.32. The van der Waals surface area contributed by atoms with Crippen LogP contribution in [0.1, 0.15) is 35.3 Å². The number of para-hydroxylation sites is 2. The zero-order valence-corrected chi connectivity index (χ0v) is 15.6. The van der Waals surface area contributed by atoms with Crippen LogP contribution in [0.5, 0.6) is 0 Å². The van der Waals surface area contributed by atoms with E-state index >= 15 is 0 Å². The molecule has 0 saturated heterocycles. The minimum absolute atomic E-state index is 0.0824. The Morgan fingerprint density at radius 2 is 1.96 bits per heavy atom. The summed E-state index contributed by atoms with van der Waals surface area (Å²) in [6.45, 7) is 1.49. The molecule has 0 spiro atoms. The Bertz CT molecular complexity index is 970. The van der Waals surface area contributed by atoms with Crippen LogP contribution in [0.2, 0.25) is 0 Å². The summed E-state index contributed by atoms with van der Waals surface area (Å²) >= 11 is 1.34. The molecule has 1 N–H and O–H groups in total. The molecule has 7 heteroatoms. The second-order valence-electron chi connectivity index (χ2n) is 6.29. The highest BCUT2D eigenvalue weighted by Crippen LogP contribution is 2.40. The summed E-state index contributed by atoms with van der Waals surface area (Å²) in [6.07, 6.45) is 2.71. The van der Waals surface area contributed by atoms with Crippen LogP contribution in [0, 0.1) is 0 Å². The predicted octanol–water partition coefficient (Wildman–Crippen LogP) is 3.99. The maximum absolute atomic E-state index is 12.4.